The zero-order valence-corrected chi connectivity index (χ0v) is 8.85. The van der Waals surface area contributed by atoms with E-state index in [1.165, 1.54) is 0 Å². The van der Waals surface area contributed by atoms with Gasteiger partial charge < -0.3 is 0 Å². The molecular weight excluding hydrogens is 180 g/mol. The van der Waals surface area contributed by atoms with Gasteiger partial charge >= 0.3 is 0 Å². The van der Waals surface area contributed by atoms with Gasteiger partial charge in [-0.2, -0.15) is 0 Å². The van der Waals surface area contributed by atoms with Crippen LogP contribution in [0.5, 0.6) is 0 Å². The molecule has 2 rings (SSSR count). The highest BCUT2D eigenvalue weighted by Crippen LogP contribution is 2.23. The third kappa shape index (κ3) is 1.56. The summed E-state index contributed by atoms with van der Waals surface area (Å²) in [5.41, 5.74) is 3.92. The Morgan fingerprint density at radius 1 is 1.23 bits per heavy atom. The van der Waals surface area contributed by atoms with E-state index in [2.05, 4.69) is 42.9 Å². The number of aromatic nitrogens is 2. The van der Waals surface area contributed by atoms with Crippen molar-refractivity contribution in [2.24, 2.45) is 0 Å². The average Bonchev–Trinajstić information content (AvgIpc) is 2.47. The van der Waals surface area contributed by atoms with Crippen LogP contribution in [0.25, 0.3) is 10.3 Å². The third-order valence-electron chi connectivity index (χ3n) is 1.96. The van der Waals surface area contributed by atoms with Crippen LogP contribution >= 0.6 is 11.3 Å². The molecule has 0 saturated carbocycles. The van der Waals surface area contributed by atoms with E-state index < -0.39 is 0 Å². The van der Waals surface area contributed by atoms with Crippen LogP contribution < -0.4 is 0 Å². The van der Waals surface area contributed by atoms with E-state index in [9.17, 15) is 0 Å². The number of hydrogen-bond acceptors (Lipinski definition) is 3. The minimum atomic E-state index is 0.109. The Kier molecular flexibility index (Phi) is 1.84. The Hall–Kier alpha value is -0.960. The van der Waals surface area contributed by atoms with Crippen molar-refractivity contribution in [3.05, 3.63) is 23.3 Å². The third-order valence-corrected chi connectivity index (χ3v) is 2.75. The first-order valence-electron chi connectivity index (χ1n) is 4.28. The lowest BCUT2D eigenvalue weighted by Crippen LogP contribution is -2.12. The van der Waals surface area contributed by atoms with Crippen molar-refractivity contribution >= 4 is 21.7 Å². The summed E-state index contributed by atoms with van der Waals surface area (Å²) < 4.78 is 1.16. The first-order chi connectivity index (χ1) is 6.07. The fraction of sp³-hybridized carbons (Fsp3) is 0.400. The van der Waals surface area contributed by atoms with Crippen LogP contribution in [0.2, 0.25) is 0 Å². The molecule has 0 amide bonds. The molecule has 2 nitrogen and oxygen atoms in total. The normalized spacial score (nSPS) is 12.2. The van der Waals surface area contributed by atoms with E-state index in [0.717, 1.165) is 16.0 Å². The van der Waals surface area contributed by atoms with Gasteiger partial charge in [-0.3, -0.25) is 0 Å². The van der Waals surface area contributed by atoms with Gasteiger partial charge in [0.1, 0.15) is 0 Å². The van der Waals surface area contributed by atoms with Crippen LogP contribution in [-0.2, 0) is 5.41 Å². The molecule has 0 fully saturated rings. The van der Waals surface area contributed by atoms with Crippen molar-refractivity contribution in [1.29, 1.82) is 0 Å². The summed E-state index contributed by atoms with van der Waals surface area (Å²) in [4.78, 5) is 8.71. The zero-order valence-electron chi connectivity index (χ0n) is 8.03. The number of rotatable bonds is 0. The van der Waals surface area contributed by atoms with E-state index in [4.69, 9.17) is 0 Å². The molecule has 0 aliphatic rings. The molecule has 0 saturated heterocycles. The molecule has 0 unspecified atom stereocenters. The number of fused-ring (bicyclic) bond motifs is 1. The Labute approximate surface area is 81.7 Å². The molecule has 2 heterocycles. The van der Waals surface area contributed by atoms with Crippen molar-refractivity contribution < 1.29 is 0 Å². The van der Waals surface area contributed by atoms with Gasteiger partial charge in [-0.05, 0) is 12.1 Å². The van der Waals surface area contributed by atoms with Gasteiger partial charge in [0.2, 0.25) is 0 Å². The highest BCUT2D eigenvalue weighted by atomic mass is 32.1. The fourth-order valence-corrected chi connectivity index (χ4v) is 1.79. The quantitative estimate of drug-likeness (QED) is 0.641. The predicted molar refractivity (Wildman–Crippen MR) is 56.1 cm³/mol. The molecule has 13 heavy (non-hydrogen) atoms. The lowest BCUT2D eigenvalue weighted by atomic mass is 9.92. The van der Waals surface area contributed by atoms with Gasteiger partial charge in [-0.1, -0.05) is 20.8 Å². The van der Waals surface area contributed by atoms with E-state index >= 15 is 0 Å². The van der Waals surface area contributed by atoms with E-state index in [1.54, 1.807) is 11.3 Å². The molecule has 0 N–H and O–H groups in total. The summed E-state index contributed by atoms with van der Waals surface area (Å²) in [7, 11) is 0. The van der Waals surface area contributed by atoms with Crippen LogP contribution in [-0.4, -0.2) is 9.97 Å². The lowest BCUT2D eigenvalue weighted by molar-refractivity contribution is 0.571. The van der Waals surface area contributed by atoms with Gasteiger partial charge in [0.15, 0.2) is 5.65 Å². The molecule has 0 radical (unpaired) electrons. The van der Waals surface area contributed by atoms with Crippen LogP contribution in [0, 0.1) is 0 Å². The summed E-state index contributed by atoms with van der Waals surface area (Å²) in [6, 6.07) is 4.18. The van der Waals surface area contributed by atoms with Crippen molar-refractivity contribution in [1.82, 2.24) is 9.97 Å². The van der Waals surface area contributed by atoms with Crippen LogP contribution in [0.15, 0.2) is 17.6 Å². The molecule has 0 spiro atoms. The van der Waals surface area contributed by atoms with Crippen molar-refractivity contribution in [2.45, 2.75) is 26.2 Å². The number of pyridine rings is 1. The molecule has 2 aromatic heterocycles. The summed E-state index contributed by atoms with van der Waals surface area (Å²) in [6.07, 6.45) is 0. The van der Waals surface area contributed by atoms with E-state index in [0.29, 0.717) is 0 Å². The Balaban J connectivity index is 2.61. The molecular formula is C10H12N2S. The molecule has 0 aliphatic carbocycles. The van der Waals surface area contributed by atoms with E-state index in [-0.39, 0.29) is 5.41 Å². The van der Waals surface area contributed by atoms with Crippen molar-refractivity contribution in [3.8, 4) is 0 Å². The molecule has 0 aromatic carbocycles. The molecule has 0 aliphatic heterocycles. The highest BCUT2D eigenvalue weighted by molar-refractivity contribution is 7.16. The fourth-order valence-electron chi connectivity index (χ4n) is 1.17. The largest absolute Gasteiger partial charge is 0.232 e. The van der Waals surface area contributed by atoms with Gasteiger partial charge in [0.05, 0.1) is 10.2 Å². The first kappa shape index (κ1) is 8.63. The summed E-state index contributed by atoms with van der Waals surface area (Å²) in [6.45, 7) is 6.48. The number of hydrogen-bond donors (Lipinski definition) is 0. The average molecular weight is 192 g/mol. The van der Waals surface area contributed by atoms with Crippen molar-refractivity contribution in [2.75, 3.05) is 0 Å². The molecule has 0 atom stereocenters. The standard InChI is InChI=1S/C10H12N2S/c1-10(2,3)8-5-4-7-9(12-8)11-6-13-7/h4-6H,1-3H3. The first-order valence-corrected chi connectivity index (χ1v) is 5.16. The monoisotopic (exact) mass is 192 g/mol. The summed E-state index contributed by atoms with van der Waals surface area (Å²) in [5.74, 6) is 0. The maximum absolute atomic E-state index is 4.51. The minimum Gasteiger partial charge on any atom is -0.232 e. The summed E-state index contributed by atoms with van der Waals surface area (Å²) in [5, 5.41) is 0. The topological polar surface area (TPSA) is 25.8 Å². The van der Waals surface area contributed by atoms with Gasteiger partial charge in [-0.15, -0.1) is 11.3 Å². The predicted octanol–water partition coefficient (Wildman–Crippen LogP) is 2.99. The molecule has 3 heteroatoms. The zero-order chi connectivity index (χ0) is 9.47. The number of thiazole rings is 1. The highest BCUT2D eigenvalue weighted by Gasteiger charge is 2.15. The second kappa shape index (κ2) is 2.77. The maximum Gasteiger partial charge on any atom is 0.170 e. The molecule has 0 bridgehead atoms. The minimum absolute atomic E-state index is 0.109. The van der Waals surface area contributed by atoms with Gasteiger partial charge in [-0.25, -0.2) is 9.97 Å². The Morgan fingerprint density at radius 2 is 2.00 bits per heavy atom. The van der Waals surface area contributed by atoms with Gasteiger partial charge in [0, 0.05) is 11.1 Å². The van der Waals surface area contributed by atoms with Crippen LogP contribution in [0.3, 0.4) is 0 Å². The second-order valence-electron chi connectivity index (χ2n) is 4.12. The molecule has 68 valence electrons. The smallest absolute Gasteiger partial charge is 0.170 e. The summed E-state index contributed by atoms with van der Waals surface area (Å²) >= 11 is 1.63. The SMILES string of the molecule is CC(C)(C)c1ccc2scnc2n1. The second-order valence-corrected chi connectivity index (χ2v) is 5.01. The van der Waals surface area contributed by atoms with E-state index in [1.807, 2.05) is 5.51 Å². The van der Waals surface area contributed by atoms with Crippen molar-refractivity contribution in [3.63, 3.8) is 0 Å². The number of nitrogens with zero attached hydrogens (tertiary/aromatic N) is 2. The maximum atomic E-state index is 4.51. The van der Waals surface area contributed by atoms with Crippen LogP contribution in [0.1, 0.15) is 26.5 Å². The Bertz CT molecular complexity index is 426. The molecule has 2 aromatic rings. The van der Waals surface area contributed by atoms with Crippen LogP contribution in [0.4, 0.5) is 0 Å². The van der Waals surface area contributed by atoms with Gasteiger partial charge in [0.25, 0.3) is 0 Å². The lowest BCUT2D eigenvalue weighted by Gasteiger charge is -2.16. The Morgan fingerprint density at radius 3 is 2.69 bits per heavy atom.